The summed E-state index contributed by atoms with van der Waals surface area (Å²) in [5.41, 5.74) is 8.50. The summed E-state index contributed by atoms with van der Waals surface area (Å²) in [6, 6.07) is 18.4. The van der Waals surface area contributed by atoms with E-state index in [1.54, 1.807) is 6.92 Å². The fourth-order valence-corrected chi connectivity index (χ4v) is 6.40. The van der Waals surface area contributed by atoms with Crippen molar-refractivity contribution in [3.8, 4) is 22.6 Å². The molecule has 39 heavy (non-hydrogen) atoms. The smallest absolute Gasteiger partial charge is 0.307 e. The molecule has 0 heterocycles. The predicted octanol–water partition coefficient (Wildman–Crippen LogP) is 6.12. The number of sulfone groups is 1. The summed E-state index contributed by atoms with van der Waals surface area (Å²) in [6.07, 6.45) is 4.24. The second-order valence-corrected chi connectivity index (χ2v) is 13.1. The fraction of sp³-hybridized carbons (Fsp3) is 0.406. The molecule has 5 rings (SSSR count). The fourth-order valence-electron chi connectivity index (χ4n) is 5.55. The minimum Gasteiger partial charge on any atom is -0.494 e. The molecule has 0 unspecified atom stereocenters. The summed E-state index contributed by atoms with van der Waals surface area (Å²) in [7, 11) is -2.98. The average Bonchev–Trinajstić information content (AvgIpc) is 3.75. The maximum absolute atomic E-state index is 11.7. The molecule has 0 spiro atoms. The molecule has 0 aromatic heterocycles. The Morgan fingerprint density at radius 1 is 0.974 bits per heavy atom. The number of carboxylic acids is 1. The maximum atomic E-state index is 11.7. The highest BCUT2D eigenvalue weighted by molar-refractivity contribution is 7.91. The van der Waals surface area contributed by atoms with Crippen molar-refractivity contribution in [2.75, 3.05) is 18.1 Å². The number of hydrogen-bond donors (Lipinski definition) is 1. The molecule has 0 radical (unpaired) electrons. The lowest BCUT2D eigenvalue weighted by Gasteiger charge is -2.18. The molecule has 3 aromatic rings. The SMILES string of the molecule is CCS(=O)(=O)CCCOc1ccc2c(c1)CCCc1ccc(COc3ccc([C@H]4C[C@@H]4C(=O)O)cc3)c(C)c1-2. The minimum absolute atomic E-state index is 0.117. The first-order valence-electron chi connectivity index (χ1n) is 13.8. The van der Waals surface area contributed by atoms with Crippen LogP contribution in [0.25, 0.3) is 11.1 Å². The van der Waals surface area contributed by atoms with Crippen molar-refractivity contribution in [2.24, 2.45) is 5.92 Å². The van der Waals surface area contributed by atoms with Crippen LogP contribution in [0.4, 0.5) is 0 Å². The molecule has 1 fully saturated rings. The Morgan fingerprint density at radius 3 is 2.44 bits per heavy atom. The third-order valence-electron chi connectivity index (χ3n) is 8.02. The summed E-state index contributed by atoms with van der Waals surface area (Å²) in [4.78, 5) is 11.2. The maximum Gasteiger partial charge on any atom is 0.307 e. The van der Waals surface area contributed by atoms with Crippen molar-refractivity contribution in [1.29, 1.82) is 0 Å². The van der Waals surface area contributed by atoms with Gasteiger partial charge in [-0.15, -0.1) is 0 Å². The molecule has 0 saturated heterocycles. The van der Waals surface area contributed by atoms with Gasteiger partial charge in [-0.2, -0.15) is 0 Å². The van der Waals surface area contributed by atoms with Gasteiger partial charge in [-0.3, -0.25) is 4.79 Å². The highest BCUT2D eigenvalue weighted by Gasteiger charge is 2.44. The lowest BCUT2D eigenvalue weighted by Crippen LogP contribution is -2.11. The van der Waals surface area contributed by atoms with Crippen molar-refractivity contribution < 1.29 is 27.8 Å². The molecule has 206 valence electrons. The second kappa shape index (κ2) is 11.4. The van der Waals surface area contributed by atoms with E-state index in [4.69, 9.17) is 9.47 Å². The number of rotatable bonds is 11. The van der Waals surface area contributed by atoms with Crippen LogP contribution >= 0.6 is 0 Å². The number of fused-ring (bicyclic) bond motifs is 3. The summed E-state index contributed by atoms with van der Waals surface area (Å²) in [6.45, 7) is 4.67. The van der Waals surface area contributed by atoms with Gasteiger partial charge in [0.15, 0.2) is 0 Å². The zero-order valence-electron chi connectivity index (χ0n) is 22.6. The summed E-state index contributed by atoms with van der Waals surface area (Å²) < 4.78 is 35.5. The molecule has 3 aromatic carbocycles. The highest BCUT2D eigenvalue weighted by atomic mass is 32.2. The molecule has 2 atom stereocenters. The number of ether oxygens (including phenoxy) is 2. The zero-order chi connectivity index (χ0) is 27.6. The van der Waals surface area contributed by atoms with Crippen molar-refractivity contribution in [3.05, 3.63) is 82.4 Å². The van der Waals surface area contributed by atoms with Gasteiger partial charge in [-0.1, -0.05) is 37.3 Å². The first-order chi connectivity index (χ1) is 18.8. The van der Waals surface area contributed by atoms with Crippen LogP contribution in [0.1, 0.15) is 59.9 Å². The van der Waals surface area contributed by atoms with Crippen LogP contribution in [-0.4, -0.2) is 37.6 Å². The summed E-state index contributed by atoms with van der Waals surface area (Å²) in [5, 5.41) is 9.18. The van der Waals surface area contributed by atoms with Gasteiger partial charge < -0.3 is 14.6 Å². The van der Waals surface area contributed by atoms with Gasteiger partial charge in [-0.05, 0) is 108 Å². The van der Waals surface area contributed by atoms with E-state index in [1.165, 1.54) is 27.8 Å². The van der Waals surface area contributed by atoms with E-state index < -0.39 is 15.8 Å². The first kappa shape index (κ1) is 27.3. The highest BCUT2D eigenvalue weighted by Crippen LogP contribution is 2.47. The van der Waals surface area contributed by atoms with Crippen molar-refractivity contribution in [2.45, 2.75) is 58.5 Å². The van der Waals surface area contributed by atoms with E-state index in [0.717, 1.165) is 41.9 Å². The van der Waals surface area contributed by atoms with E-state index in [0.29, 0.717) is 26.1 Å². The summed E-state index contributed by atoms with van der Waals surface area (Å²) >= 11 is 0. The minimum atomic E-state index is -2.98. The third kappa shape index (κ3) is 6.30. The molecule has 0 amide bonds. The monoisotopic (exact) mass is 548 g/mol. The number of carboxylic acid groups (broad SMARTS) is 1. The molecule has 1 N–H and O–H groups in total. The Morgan fingerprint density at radius 2 is 1.72 bits per heavy atom. The van der Waals surface area contributed by atoms with Crippen LogP contribution in [-0.2, 0) is 34.1 Å². The normalized spacial score (nSPS) is 18.0. The summed E-state index contributed by atoms with van der Waals surface area (Å²) in [5.74, 6) is 1.02. The quantitative estimate of drug-likeness (QED) is 0.290. The van der Waals surface area contributed by atoms with Crippen LogP contribution in [0, 0.1) is 12.8 Å². The Kier molecular flexibility index (Phi) is 7.98. The Hall–Kier alpha value is -3.32. The Labute approximate surface area is 230 Å². The molecule has 2 aliphatic carbocycles. The van der Waals surface area contributed by atoms with Gasteiger partial charge in [-0.25, -0.2) is 8.42 Å². The van der Waals surface area contributed by atoms with E-state index in [1.807, 2.05) is 30.3 Å². The van der Waals surface area contributed by atoms with Crippen molar-refractivity contribution in [1.82, 2.24) is 0 Å². The predicted molar refractivity (Wildman–Crippen MR) is 152 cm³/mol. The largest absolute Gasteiger partial charge is 0.494 e. The van der Waals surface area contributed by atoms with Crippen LogP contribution in [0.15, 0.2) is 54.6 Å². The van der Waals surface area contributed by atoms with Gasteiger partial charge in [0.05, 0.1) is 18.3 Å². The number of benzene rings is 3. The van der Waals surface area contributed by atoms with Gasteiger partial charge in [0.2, 0.25) is 0 Å². The molecule has 0 aliphatic heterocycles. The molecule has 6 nitrogen and oxygen atoms in total. The van der Waals surface area contributed by atoms with E-state index in [9.17, 15) is 18.3 Å². The third-order valence-corrected chi connectivity index (χ3v) is 9.81. The molecule has 1 saturated carbocycles. The van der Waals surface area contributed by atoms with Crippen molar-refractivity contribution in [3.63, 3.8) is 0 Å². The van der Waals surface area contributed by atoms with Crippen LogP contribution < -0.4 is 9.47 Å². The van der Waals surface area contributed by atoms with E-state index in [2.05, 4.69) is 31.2 Å². The second-order valence-electron chi connectivity index (χ2n) is 10.6. The van der Waals surface area contributed by atoms with Gasteiger partial charge in [0.25, 0.3) is 0 Å². The Balaban J connectivity index is 1.27. The van der Waals surface area contributed by atoms with E-state index in [-0.39, 0.29) is 23.3 Å². The molecular weight excluding hydrogens is 512 g/mol. The number of hydrogen-bond acceptors (Lipinski definition) is 5. The van der Waals surface area contributed by atoms with Crippen LogP contribution in [0.3, 0.4) is 0 Å². The first-order valence-corrected chi connectivity index (χ1v) is 15.6. The van der Waals surface area contributed by atoms with Gasteiger partial charge in [0.1, 0.15) is 27.9 Å². The lowest BCUT2D eigenvalue weighted by atomic mass is 9.90. The molecule has 0 bridgehead atoms. The average molecular weight is 549 g/mol. The lowest BCUT2D eigenvalue weighted by molar-refractivity contribution is -0.138. The molecule has 7 heteroatoms. The number of carbonyl (C=O) groups is 1. The molecular formula is C32H36O6S. The molecule has 2 aliphatic rings. The zero-order valence-corrected chi connectivity index (χ0v) is 23.4. The number of aryl methyl sites for hydroxylation is 2. The number of aliphatic carboxylic acids is 1. The van der Waals surface area contributed by atoms with E-state index >= 15 is 0 Å². The van der Waals surface area contributed by atoms with Crippen LogP contribution in [0.5, 0.6) is 11.5 Å². The van der Waals surface area contributed by atoms with Gasteiger partial charge >= 0.3 is 5.97 Å². The Bertz CT molecular complexity index is 1460. The van der Waals surface area contributed by atoms with Gasteiger partial charge in [0, 0.05) is 5.75 Å². The van der Waals surface area contributed by atoms with Crippen LogP contribution in [0.2, 0.25) is 0 Å². The topological polar surface area (TPSA) is 89.9 Å². The van der Waals surface area contributed by atoms with Crippen molar-refractivity contribution >= 4 is 15.8 Å². The standard InChI is InChI=1S/C32H36O6S/c1-3-39(35,36)17-5-16-37-27-14-15-28-24(18-27)7-4-6-23-8-9-25(21(2)31(23)28)20-38-26-12-10-22(11-13-26)29-19-30(29)32(33)34/h8-15,18,29-30H,3-7,16-17,19-20H2,1-2H3,(H,33,34)/t29-,30+/m1/s1.